The quantitative estimate of drug-likeness (QED) is 0.639. The minimum Gasteiger partial charge on any atom is -0.371 e. The number of nitrogens with one attached hydrogen (secondary N) is 1. The van der Waals surface area contributed by atoms with Gasteiger partial charge in [0.25, 0.3) is 0 Å². The van der Waals surface area contributed by atoms with E-state index in [0.29, 0.717) is 12.3 Å². The molecule has 1 aromatic carbocycles. The smallest absolute Gasteiger partial charge is 0.339 e. The van der Waals surface area contributed by atoms with Gasteiger partial charge < -0.3 is 9.74 Å². The number of carbonyl (C=O) groups excluding carboxylic acids is 2. The van der Waals surface area contributed by atoms with Gasteiger partial charge in [-0.25, -0.2) is 4.79 Å². The molecule has 6 nitrogen and oxygen atoms in total. The second kappa shape index (κ2) is 8.47. The fourth-order valence-corrected chi connectivity index (χ4v) is 3.39. The van der Waals surface area contributed by atoms with Crippen LogP contribution in [-0.4, -0.2) is 30.5 Å². The number of hydrogen-bond donors (Lipinski definition) is 1. The molecule has 1 saturated heterocycles. The molecule has 1 aliphatic heterocycles. The summed E-state index contributed by atoms with van der Waals surface area (Å²) in [5.74, 6) is -0.373. The molecule has 1 amide bonds. The summed E-state index contributed by atoms with van der Waals surface area (Å²) in [7, 11) is 0. The monoisotopic (exact) mass is 353 g/mol. The van der Waals surface area contributed by atoms with Gasteiger partial charge in [-0.1, -0.05) is 24.3 Å². The maximum absolute atomic E-state index is 11.8. The van der Waals surface area contributed by atoms with Crippen molar-refractivity contribution in [2.24, 2.45) is 0 Å². The van der Waals surface area contributed by atoms with Crippen LogP contribution in [0.1, 0.15) is 42.7 Å². The molecular weight excluding hydrogens is 330 g/mol. The first kappa shape index (κ1) is 17.9. The van der Waals surface area contributed by atoms with Gasteiger partial charge in [-0.2, -0.15) is 5.48 Å². The van der Waals surface area contributed by atoms with Crippen LogP contribution in [0, 0.1) is 0 Å². The van der Waals surface area contributed by atoms with Crippen LogP contribution in [0.5, 0.6) is 0 Å². The second-order valence-electron chi connectivity index (χ2n) is 6.51. The van der Waals surface area contributed by atoms with Crippen molar-refractivity contribution < 1.29 is 14.4 Å². The Balaban J connectivity index is 1.58. The third kappa shape index (κ3) is 4.20. The largest absolute Gasteiger partial charge is 0.371 e. The highest BCUT2D eigenvalue weighted by atomic mass is 16.7. The first-order valence-corrected chi connectivity index (χ1v) is 8.83. The predicted molar refractivity (Wildman–Crippen MR) is 98.6 cm³/mol. The summed E-state index contributed by atoms with van der Waals surface area (Å²) in [6, 6.07) is 12.2. The van der Waals surface area contributed by atoms with Gasteiger partial charge >= 0.3 is 5.97 Å². The molecule has 0 radical (unpaired) electrons. The summed E-state index contributed by atoms with van der Waals surface area (Å²) in [5, 5.41) is 0. The fraction of sp³-hybridized carbons (Fsp3) is 0.350. The van der Waals surface area contributed by atoms with Crippen LogP contribution < -0.4 is 10.4 Å². The van der Waals surface area contributed by atoms with E-state index in [4.69, 9.17) is 0 Å². The van der Waals surface area contributed by atoms with E-state index in [1.54, 1.807) is 6.92 Å². The molecule has 6 heteroatoms. The Hall–Kier alpha value is -2.89. The van der Waals surface area contributed by atoms with Crippen molar-refractivity contribution in [1.29, 1.82) is 0 Å². The van der Waals surface area contributed by atoms with E-state index in [9.17, 15) is 9.59 Å². The molecule has 3 rings (SSSR count). The highest BCUT2D eigenvalue weighted by Gasteiger charge is 2.22. The van der Waals surface area contributed by atoms with Crippen LogP contribution in [0.25, 0.3) is 0 Å². The molecule has 136 valence electrons. The van der Waals surface area contributed by atoms with Crippen LogP contribution in [0.3, 0.4) is 0 Å². The first-order chi connectivity index (χ1) is 12.7. The van der Waals surface area contributed by atoms with E-state index >= 15 is 0 Å². The Morgan fingerprint density at radius 2 is 1.85 bits per heavy atom. The number of rotatable bonds is 6. The van der Waals surface area contributed by atoms with Crippen LogP contribution in [-0.2, 0) is 14.4 Å². The van der Waals surface area contributed by atoms with Gasteiger partial charge in [-0.3, -0.25) is 9.78 Å². The number of anilines is 1. The zero-order valence-electron chi connectivity index (χ0n) is 14.8. The number of benzene rings is 1. The Morgan fingerprint density at radius 1 is 1.19 bits per heavy atom. The maximum atomic E-state index is 11.8. The molecule has 0 saturated carbocycles. The summed E-state index contributed by atoms with van der Waals surface area (Å²) < 4.78 is 0. The van der Waals surface area contributed by atoms with Crippen LogP contribution in [0.2, 0.25) is 0 Å². The highest BCUT2D eigenvalue weighted by Crippen LogP contribution is 2.31. The minimum absolute atomic E-state index is 0.339. The Kier molecular flexibility index (Phi) is 5.84. The molecule has 1 atom stereocenters. The van der Waals surface area contributed by atoms with Gasteiger partial charge in [0, 0.05) is 31.2 Å². The molecule has 1 N–H and O–H groups in total. The van der Waals surface area contributed by atoms with E-state index < -0.39 is 11.9 Å². The van der Waals surface area contributed by atoms with Gasteiger partial charge in [0.1, 0.15) is 0 Å². The molecule has 2 aromatic rings. The summed E-state index contributed by atoms with van der Waals surface area (Å²) in [6.07, 6.45) is 6.20. The molecule has 26 heavy (non-hydrogen) atoms. The lowest BCUT2D eigenvalue weighted by atomic mass is 9.88. The van der Waals surface area contributed by atoms with E-state index in [1.807, 2.05) is 30.0 Å². The van der Waals surface area contributed by atoms with Crippen molar-refractivity contribution in [1.82, 2.24) is 10.5 Å². The number of aromatic nitrogens is 1. The number of hydroxylamine groups is 1. The van der Waals surface area contributed by atoms with Crippen molar-refractivity contribution in [2.45, 2.75) is 31.6 Å². The molecule has 2 heterocycles. The summed E-state index contributed by atoms with van der Waals surface area (Å²) >= 11 is 0. The zero-order chi connectivity index (χ0) is 18.4. The molecule has 1 fully saturated rings. The lowest BCUT2D eigenvalue weighted by Gasteiger charge is -2.33. The Bertz CT molecular complexity index is 726. The summed E-state index contributed by atoms with van der Waals surface area (Å²) in [6.45, 7) is 3.81. The molecule has 1 aromatic heterocycles. The van der Waals surface area contributed by atoms with Gasteiger partial charge in [0.05, 0.1) is 5.92 Å². The van der Waals surface area contributed by atoms with Crippen LogP contribution in [0.4, 0.5) is 5.69 Å². The first-order valence-electron chi connectivity index (χ1n) is 8.83. The maximum Gasteiger partial charge on any atom is 0.339 e. The summed E-state index contributed by atoms with van der Waals surface area (Å²) in [5.41, 5.74) is 5.34. The van der Waals surface area contributed by atoms with Crippen LogP contribution in [0.15, 0.2) is 48.8 Å². The predicted octanol–water partition coefficient (Wildman–Crippen LogP) is 2.77. The Labute approximate surface area is 153 Å². The zero-order valence-corrected chi connectivity index (χ0v) is 14.8. The number of piperidine rings is 1. The van der Waals surface area contributed by atoms with Crippen molar-refractivity contribution in [3.8, 4) is 0 Å². The van der Waals surface area contributed by atoms with E-state index in [0.717, 1.165) is 31.5 Å². The standard InChI is InChI=1S/C20H23N3O3/c1-15(20(25)26-22-14-24)16-2-4-17(5-3-16)18-8-12-23(13-9-18)19-6-10-21-11-7-19/h2-7,10-11,14-15,18H,8-9,12-13H2,1H3,(H,22,24). The topological polar surface area (TPSA) is 71.5 Å². The molecule has 0 bridgehead atoms. The van der Waals surface area contributed by atoms with Gasteiger partial charge in [-0.15, -0.1) is 0 Å². The lowest BCUT2D eigenvalue weighted by molar-refractivity contribution is -0.155. The van der Waals surface area contributed by atoms with Crippen molar-refractivity contribution in [3.05, 3.63) is 59.9 Å². The molecule has 0 aliphatic carbocycles. The summed E-state index contributed by atoms with van der Waals surface area (Å²) in [4.78, 5) is 33.1. The van der Waals surface area contributed by atoms with Gasteiger partial charge in [-0.05, 0) is 48.9 Å². The van der Waals surface area contributed by atoms with E-state index in [1.165, 1.54) is 11.3 Å². The fourth-order valence-electron chi connectivity index (χ4n) is 3.39. The Morgan fingerprint density at radius 3 is 2.46 bits per heavy atom. The molecular formula is C20H23N3O3. The SMILES string of the molecule is CC(C(=O)ONC=O)c1ccc(C2CCN(c3ccncc3)CC2)cc1. The number of pyridine rings is 1. The molecule has 1 aliphatic rings. The third-order valence-corrected chi connectivity index (χ3v) is 4.99. The second-order valence-corrected chi connectivity index (χ2v) is 6.51. The minimum atomic E-state index is -0.476. The van der Waals surface area contributed by atoms with Crippen molar-refractivity contribution in [2.75, 3.05) is 18.0 Å². The normalized spacial score (nSPS) is 16.0. The van der Waals surface area contributed by atoms with Crippen molar-refractivity contribution >= 4 is 18.1 Å². The van der Waals surface area contributed by atoms with Crippen molar-refractivity contribution in [3.63, 3.8) is 0 Å². The average Bonchev–Trinajstić information content (AvgIpc) is 2.72. The molecule has 0 spiro atoms. The van der Waals surface area contributed by atoms with E-state index in [-0.39, 0.29) is 0 Å². The van der Waals surface area contributed by atoms with Crippen LogP contribution >= 0.6 is 0 Å². The molecule has 1 unspecified atom stereocenters. The lowest BCUT2D eigenvalue weighted by Crippen LogP contribution is -2.32. The van der Waals surface area contributed by atoms with Gasteiger partial charge in [0.2, 0.25) is 6.41 Å². The number of amides is 1. The number of hydrogen-bond acceptors (Lipinski definition) is 5. The third-order valence-electron chi connectivity index (χ3n) is 4.99. The van der Waals surface area contributed by atoms with E-state index in [2.05, 4.69) is 39.0 Å². The highest BCUT2D eigenvalue weighted by molar-refractivity contribution is 5.78. The number of nitrogens with zero attached hydrogens (tertiary/aromatic N) is 2. The van der Waals surface area contributed by atoms with Gasteiger partial charge in [0.15, 0.2) is 0 Å². The number of carbonyl (C=O) groups is 2. The average molecular weight is 353 g/mol.